The molecule has 19 heavy (non-hydrogen) atoms. The number of aromatic nitrogens is 4. The Labute approximate surface area is 108 Å². The van der Waals surface area contributed by atoms with Gasteiger partial charge in [-0.1, -0.05) is 12.1 Å². The Morgan fingerprint density at radius 3 is 2.84 bits per heavy atom. The molecule has 1 saturated carbocycles. The summed E-state index contributed by atoms with van der Waals surface area (Å²) < 4.78 is 25.6. The Kier molecular flexibility index (Phi) is 2.51. The van der Waals surface area contributed by atoms with Crippen molar-refractivity contribution in [3.05, 3.63) is 23.8 Å². The number of tetrazole rings is 1. The Hall–Kier alpha value is -2.05. The van der Waals surface area contributed by atoms with Gasteiger partial charge in [-0.2, -0.15) is 4.80 Å². The maximum Gasteiger partial charge on any atom is 0.253 e. The first-order chi connectivity index (χ1) is 8.95. The fourth-order valence-corrected chi connectivity index (χ4v) is 1.88. The van der Waals surface area contributed by atoms with Crippen molar-refractivity contribution in [1.29, 1.82) is 0 Å². The highest BCUT2D eigenvalue weighted by molar-refractivity contribution is 5.62. The number of anilines is 1. The zero-order valence-corrected chi connectivity index (χ0v) is 10.3. The van der Waals surface area contributed by atoms with Crippen LogP contribution < -0.4 is 5.73 Å². The van der Waals surface area contributed by atoms with Crippen LogP contribution in [0.2, 0.25) is 0 Å². The number of nitrogen functional groups attached to an aromatic ring is 1. The van der Waals surface area contributed by atoms with E-state index in [9.17, 15) is 8.78 Å². The number of nitrogens with zero attached hydrogens (tertiary/aromatic N) is 4. The van der Waals surface area contributed by atoms with Crippen LogP contribution in [0.4, 0.5) is 14.5 Å². The second kappa shape index (κ2) is 3.97. The number of rotatable bonds is 3. The lowest BCUT2D eigenvalue weighted by Crippen LogP contribution is -2.08. The average molecular weight is 265 g/mol. The number of nitrogens with two attached hydrogens (primary N) is 1. The first-order valence-corrected chi connectivity index (χ1v) is 5.98. The fraction of sp³-hybridized carbons (Fsp3) is 0.417. The number of hydrogen-bond acceptors (Lipinski definition) is 4. The average Bonchev–Trinajstić information content (AvgIpc) is 2.76. The van der Waals surface area contributed by atoms with Crippen LogP contribution in [-0.2, 0) is 6.54 Å². The summed E-state index contributed by atoms with van der Waals surface area (Å²) in [6.45, 7) is 2.00. The van der Waals surface area contributed by atoms with E-state index < -0.39 is 11.8 Å². The SMILES string of the molecule is Cc1ccc(-c2nnn(CC3CC3(F)F)n2)cc1N. The number of halogens is 2. The van der Waals surface area contributed by atoms with Gasteiger partial charge in [-0.3, -0.25) is 0 Å². The van der Waals surface area contributed by atoms with Gasteiger partial charge in [0.15, 0.2) is 0 Å². The first kappa shape index (κ1) is 12.0. The summed E-state index contributed by atoms with van der Waals surface area (Å²) >= 11 is 0. The van der Waals surface area contributed by atoms with Crippen molar-refractivity contribution in [3.63, 3.8) is 0 Å². The summed E-state index contributed by atoms with van der Waals surface area (Å²) in [6, 6.07) is 5.45. The smallest absolute Gasteiger partial charge is 0.253 e. The Bertz CT molecular complexity index is 622. The molecule has 1 heterocycles. The van der Waals surface area contributed by atoms with Crippen LogP contribution in [0.5, 0.6) is 0 Å². The van der Waals surface area contributed by atoms with Gasteiger partial charge in [0.2, 0.25) is 5.82 Å². The topological polar surface area (TPSA) is 69.6 Å². The second-order valence-electron chi connectivity index (χ2n) is 4.90. The summed E-state index contributed by atoms with van der Waals surface area (Å²) in [5, 5.41) is 11.8. The van der Waals surface area contributed by atoms with Crippen LogP contribution in [0.1, 0.15) is 12.0 Å². The first-order valence-electron chi connectivity index (χ1n) is 5.98. The van der Waals surface area contributed by atoms with Crippen molar-refractivity contribution in [2.24, 2.45) is 5.92 Å². The molecule has 3 rings (SSSR count). The normalized spacial score (nSPS) is 20.5. The number of benzene rings is 1. The predicted octanol–water partition coefficient (Wildman–Crippen LogP) is 1.89. The second-order valence-corrected chi connectivity index (χ2v) is 4.90. The fourth-order valence-electron chi connectivity index (χ4n) is 1.88. The Morgan fingerprint density at radius 1 is 1.47 bits per heavy atom. The van der Waals surface area contributed by atoms with Gasteiger partial charge in [0.05, 0.1) is 6.54 Å². The summed E-state index contributed by atoms with van der Waals surface area (Å²) in [5.74, 6) is -2.84. The third-order valence-electron chi connectivity index (χ3n) is 3.33. The maximum absolute atomic E-state index is 12.8. The molecule has 0 amide bonds. The van der Waals surface area contributed by atoms with Gasteiger partial charge in [0.1, 0.15) is 0 Å². The van der Waals surface area contributed by atoms with Gasteiger partial charge < -0.3 is 5.73 Å². The molecule has 7 heteroatoms. The standard InChI is InChI=1S/C12H13F2N5/c1-7-2-3-8(4-10(7)15)11-16-18-19(17-11)6-9-5-12(9,13)14/h2-4,9H,5-6,15H2,1H3. The number of alkyl halides is 2. The van der Waals surface area contributed by atoms with E-state index in [2.05, 4.69) is 15.4 Å². The number of hydrogen-bond donors (Lipinski definition) is 1. The van der Waals surface area contributed by atoms with Crippen molar-refractivity contribution in [3.8, 4) is 11.4 Å². The van der Waals surface area contributed by atoms with Gasteiger partial charge >= 0.3 is 0 Å². The van der Waals surface area contributed by atoms with Gasteiger partial charge in [-0.15, -0.1) is 10.2 Å². The summed E-state index contributed by atoms with van der Waals surface area (Å²) in [4.78, 5) is 1.22. The van der Waals surface area contributed by atoms with Crippen LogP contribution in [0.3, 0.4) is 0 Å². The highest BCUT2D eigenvalue weighted by Gasteiger charge is 2.57. The quantitative estimate of drug-likeness (QED) is 0.860. The monoisotopic (exact) mass is 265 g/mol. The van der Waals surface area contributed by atoms with E-state index in [-0.39, 0.29) is 13.0 Å². The molecule has 0 aliphatic heterocycles. The summed E-state index contributed by atoms with van der Waals surface area (Å²) in [7, 11) is 0. The van der Waals surface area contributed by atoms with Crippen molar-refractivity contribution < 1.29 is 8.78 Å². The summed E-state index contributed by atoms with van der Waals surface area (Å²) in [5.41, 5.74) is 8.15. The van der Waals surface area contributed by atoms with Gasteiger partial charge in [0.25, 0.3) is 5.92 Å². The molecule has 100 valence electrons. The molecule has 5 nitrogen and oxygen atoms in total. The predicted molar refractivity (Wildman–Crippen MR) is 65.5 cm³/mol. The highest BCUT2D eigenvalue weighted by Crippen LogP contribution is 2.49. The minimum Gasteiger partial charge on any atom is -0.398 e. The van der Waals surface area contributed by atoms with Crippen molar-refractivity contribution in [1.82, 2.24) is 20.2 Å². The molecule has 1 atom stereocenters. The molecule has 0 spiro atoms. The highest BCUT2D eigenvalue weighted by atomic mass is 19.3. The van der Waals surface area contributed by atoms with Crippen LogP contribution in [0.15, 0.2) is 18.2 Å². The molecule has 1 aliphatic carbocycles. The van der Waals surface area contributed by atoms with E-state index >= 15 is 0 Å². The Morgan fingerprint density at radius 2 is 2.21 bits per heavy atom. The number of aryl methyl sites for hydroxylation is 1. The minimum absolute atomic E-state index is 0.0959. The van der Waals surface area contributed by atoms with Crippen molar-refractivity contribution >= 4 is 5.69 Å². The van der Waals surface area contributed by atoms with E-state index in [4.69, 9.17) is 5.73 Å². The lowest BCUT2D eigenvalue weighted by atomic mass is 10.1. The molecule has 0 saturated heterocycles. The lowest BCUT2D eigenvalue weighted by molar-refractivity contribution is 0.0930. The largest absolute Gasteiger partial charge is 0.398 e. The molecule has 1 aromatic heterocycles. The molecular formula is C12H13F2N5. The van der Waals surface area contributed by atoms with Gasteiger partial charge in [0, 0.05) is 23.6 Å². The third kappa shape index (κ3) is 2.27. The van der Waals surface area contributed by atoms with Crippen LogP contribution in [0.25, 0.3) is 11.4 Å². The molecule has 0 bridgehead atoms. The zero-order chi connectivity index (χ0) is 13.6. The van der Waals surface area contributed by atoms with E-state index in [1.165, 1.54) is 4.80 Å². The molecule has 1 aliphatic rings. The van der Waals surface area contributed by atoms with E-state index in [0.717, 1.165) is 11.1 Å². The maximum atomic E-state index is 12.8. The van der Waals surface area contributed by atoms with Crippen LogP contribution in [0, 0.1) is 12.8 Å². The molecule has 1 unspecified atom stereocenters. The van der Waals surface area contributed by atoms with E-state index in [1.807, 2.05) is 19.1 Å². The molecule has 2 aromatic rings. The summed E-state index contributed by atoms with van der Waals surface area (Å²) in [6.07, 6.45) is -0.0959. The van der Waals surface area contributed by atoms with Crippen LogP contribution >= 0.6 is 0 Å². The third-order valence-corrected chi connectivity index (χ3v) is 3.33. The van der Waals surface area contributed by atoms with Crippen molar-refractivity contribution in [2.75, 3.05) is 5.73 Å². The van der Waals surface area contributed by atoms with Crippen molar-refractivity contribution in [2.45, 2.75) is 25.8 Å². The van der Waals surface area contributed by atoms with Gasteiger partial charge in [-0.25, -0.2) is 8.78 Å². The molecule has 1 fully saturated rings. The van der Waals surface area contributed by atoms with Crippen LogP contribution in [-0.4, -0.2) is 26.1 Å². The molecule has 0 radical (unpaired) electrons. The van der Waals surface area contributed by atoms with E-state index in [1.54, 1.807) is 6.07 Å². The zero-order valence-electron chi connectivity index (χ0n) is 10.3. The minimum atomic E-state index is -2.57. The molecular weight excluding hydrogens is 252 g/mol. The lowest BCUT2D eigenvalue weighted by Gasteiger charge is -2.01. The molecule has 2 N–H and O–H groups in total. The molecule has 1 aromatic carbocycles. The Balaban J connectivity index is 1.79. The van der Waals surface area contributed by atoms with Gasteiger partial charge in [-0.05, 0) is 23.8 Å². The van der Waals surface area contributed by atoms with E-state index in [0.29, 0.717) is 11.5 Å².